The van der Waals surface area contributed by atoms with Gasteiger partial charge in [-0.05, 0) is 35.8 Å². The highest BCUT2D eigenvalue weighted by atomic mass is 35.5. The number of Topliss-reactive ketones (excluding diaryl/α,β-unsaturated/α-hetero) is 1. The molecule has 2 bridgehead atoms. The van der Waals surface area contributed by atoms with Gasteiger partial charge in [-0.25, -0.2) is 0 Å². The number of halogens is 1. The number of carbonyl (C=O) groups excluding carboxylic acids is 2. The number of fused-ring (bicyclic) bond motifs is 3. The highest BCUT2D eigenvalue weighted by molar-refractivity contribution is 6.74. The summed E-state index contributed by atoms with van der Waals surface area (Å²) in [5.41, 5.74) is 0.242. The average Bonchev–Trinajstić information content (AvgIpc) is 2.97. The fraction of sp³-hybridized carbons (Fsp3) is 0.538. The molecule has 4 rings (SSSR count). The van der Waals surface area contributed by atoms with Crippen molar-refractivity contribution in [2.24, 2.45) is 13.0 Å². The summed E-state index contributed by atoms with van der Waals surface area (Å²) in [6.07, 6.45) is 2.18. The monoisotopic (exact) mass is 487 g/mol. The number of benzene rings is 1. The zero-order valence-corrected chi connectivity index (χ0v) is 22.8. The van der Waals surface area contributed by atoms with Crippen LogP contribution in [0.4, 0.5) is 0 Å². The standard InChI is InChI=1S/C26H34ClNO4Si/c1-24(2,3)33(8,9)32-15-13-17-21(29)26(14-15,23(30)31-7)16-11-10-12-18-19(16)20(25(17,4)5)22(27)28(18)6/h10-12,14,17H,13H2,1-9H3/t17-,26+/m0/s1. The average molecular weight is 488 g/mol. The second-order valence-electron chi connectivity index (χ2n) is 11.5. The molecule has 0 fully saturated rings. The van der Waals surface area contributed by atoms with Gasteiger partial charge in [0.05, 0.1) is 12.9 Å². The van der Waals surface area contributed by atoms with E-state index in [1.807, 2.05) is 29.8 Å². The number of nitrogens with zero attached hydrogens (tertiary/aromatic N) is 1. The van der Waals surface area contributed by atoms with Crippen LogP contribution in [0, 0.1) is 5.92 Å². The molecule has 0 aliphatic heterocycles. The van der Waals surface area contributed by atoms with Gasteiger partial charge in [0.25, 0.3) is 0 Å². The quantitative estimate of drug-likeness (QED) is 0.301. The lowest BCUT2D eigenvalue weighted by atomic mass is 9.62. The third-order valence-corrected chi connectivity index (χ3v) is 13.1. The van der Waals surface area contributed by atoms with E-state index in [-0.39, 0.29) is 10.8 Å². The normalized spacial score (nSPS) is 24.4. The molecule has 1 heterocycles. The molecule has 2 aliphatic carbocycles. The summed E-state index contributed by atoms with van der Waals surface area (Å²) in [5, 5.41) is 1.43. The fourth-order valence-electron chi connectivity index (χ4n) is 5.27. The minimum absolute atomic E-state index is 0.0258. The number of ketones is 1. The minimum Gasteiger partial charge on any atom is -0.547 e. The number of allylic oxidation sites excluding steroid dienone is 1. The van der Waals surface area contributed by atoms with Crippen molar-refractivity contribution >= 4 is 42.6 Å². The predicted molar refractivity (Wildman–Crippen MR) is 134 cm³/mol. The predicted octanol–water partition coefficient (Wildman–Crippen LogP) is 6.03. The molecule has 0 unspecified atom stereocenters. The second kappa shape index (κ2) is 7.22. The largest absolute Gasteiger partial charge is 0.547 e. The first kappa shape index (κ1) is 24.1. The number of rotatable bonds is 3. The van der Waals surface area contributed by atoms with Gasteiger partial charge in [-0.1, -0.05) is 58.4 Å². The molecular formula is C26H34ClNO4Si. The maximum Gasteiger partial charge on any atom is 0.328 e. The van der Waals surface area contributed by atoms with Gasteiger partial charge in [-0.3, -0.25) is 9.59 Å². The van der Waals surface area contributed by atoms with Gasteiger partial charge < -0.3 is 13.7 Å². The number of esters is 1. The number of hydrogen-bond donors (Lipinski definition) is 0. The Morgan fingerprint density at radius 3 is 2.45 bits per heavy atom. The van der Waals surface area contributed by atoms with E-state index in [9.17, 15) is 9.59 Å². The van der Waals surface area contributed by atoms with E-state index in [0.717, 1.165) is 16.5 Å². The van der Waals surface area contributed by atoms with Gasteiger partial charge in [-0.15, -0.1) is 0 Å². The first-order valence-electron chi connectivity index (χ1n) is 11.4. The van der Waals surface area contributed by atoms with E-state index in [1.165, 1.54) is 7.11 Å². The summed E-state index contributed by atoms with van der Waals surface area (Å²) in [4.78, 5) is 27.8. The Hall–Kier alpha value is -2.05. The van der Waals surface area contributed by atoms with Crippen molar-refractivity contribution in [2.75, 3.05) is 7.11 Å². The van der Waals surface area contributed by atoms with Crippen LogP contribution in [-0.4, -0.2) is 31.7 Å². The Balaban J connectivity index is 2.11. The number of carbonyl (C=O) groups is 2. The summed E-state index contributed by atoms with van der Waals surface area (Å²) in [5.74, 6) is -0.516. The lowest BCUT2D eigenvalue weighted by molar-refractivity contribution is -0.152. The maximum absolute atomic E-state index is 14.2. The van der Waals surface area contributed by atoms with Gasteiger partial charge in [0.1, 0.15) is 5.15 Å². The van der Waals surface area contributed by atoms with Crippen LogP contribution in [0.5, 0.6) is 0 Å². The van der Waals surface area contributed by atoms with E-state index in [1.54, 1.807) is 6.08 Å². The molecule has 33 heavy (non-hydrogen) atoms. The van der Waals surface area contributed by atoms with Gasteiger partial charge >= 0.3 is 5.97 Å². The SMILES string of the molecule is COC(=O)[C@@]12C=C(O[Si](C)(C)C(C)(C)C)C[C@@H](C1=O)C(C)(C)c1c(Cl)n(C)c3cccc2c13. The molecule has 0 saturated carbocycles. The molecule has 0 amide bonds. The molecule has 7 heteroatoms. The molecule has 0 saturated heterocycles. The Kier molecular flexibility index (Phi) is 5.27. The lowest BCUT2D eigenvalue weighted by Gasteiger charge is -2.43. The van der Waals surface area contributed by atoms with E-state index >= 15 is 0 Å². The van der Waals surface area contributed by atoms with E-state index in [2.05, 4.69) is 47.7 Å². The van der Waals surface area contributed by atoms with Crippen LogP contribution in [0.25, 0.3) is 10.9 Å². The first-order valence-corrected chi connectivity index (χ1v) is 14.7. The van der Waals surface area contributed by atoms with Crippen LogP contribution >= 0.6 is 11.6 Å². The third kappa shape index (κ3) is 3.09. The molecule has 2 atom stereocenters. The first-order chi connectivity index (χ1) is 15.1. The Morgan fingerprint density at radius 1 is 1.24 bits per heavy atom. The summed E-state index contributed by atoms with van der Waals surface area (Å²) in [7, 11) is 1.04. The Labute approximate surface area is 202 Å². The zero-order valence-electron chi connectivity index (χ0n) is 21.1. The molecule has 5 nitrogen and oxygen atoms in total. The maximum atomic E-state index is 14.2. The van der Waals surface area contributed by atoms with E-state index in [0.29, 0.717) is 22.9 Å². The molecule has 0 spiro atoms. The number of aromatic nitrogens is 1. The van der Waals surface area contributed by atoms with Gasteiger partial charge in [0.15, 0.2) is 11.2 Å². The molecule has 1 aromatic carbocycles. The molecule has 1 aromatic heterocycles. The number of aryl methyl sites for hydroxylation is 1. The number of ether oxygens (including phenoxy) is 1. The van der Waals surface area contributed by atoms with Crippen molar-refractivity contribution < 1.29 is 18.8 Å². The van der Waals surface area contributed by atoms with Crippen LogP contribution in [-0.2, 0) is 36.6 Å². The second-order valence-corrected chi connectivity index (χ2v) is 16.6. The number of methoxy groups -OCH3 is 1. The van der Waals surface area contributed by atoms with Crippen molar-refractivity contribution in [2.45, 2.75) is 70.0 Å². The Bertz CT molecular complexity index is 1220. The molecule has 2 aliphatic rings. The van der Waals surface area contributed by atoms with Crippen LogP contribution in [0.1, 0.15) is 52.2 Å². The molecular weight excluding hydrogens is 454 g/mol. The summed E-state index contributed by atoms with van der Waals surface area (Å²) >= 11 is 6.89. The Morgan fingerprint density at radius 2 is 1.88 bits per heavy atom. The smallest absolute Gasteiger partial charge is 0.328 e. The van der Waals surface area contributed by atoms with Crippen molar-refractivity contribution in [1.82, 2.24) is 4.57 Å². The van der Waals surface area contributed by atoms with E-state index < -0.39 is 31.0 Å². The third-order valence-electron chi connectivity index (χ3n) is 8.28. The van der Waals surface area contributed by atoms with Crippen LogP contribution in [0.2, 0.25) is 23.3 Å². The van der Waals surface area contributed by atoms with E-state index in [4.69, 9.17) is 20.8 Å². The molecule has 0 N–H and O–H groups in total. The van der Waals surface area contributed by atoms with Crippen LogP contribution < -0.4 is 0 Å². The lowest BCUT2D eigenvalue weighted by Crippen LogP contribution is -2.52. The molecule has 0 radical (unpaired) electrons. The highest BCUT2D eigenvalue weighted by Crippen LogP contribution is 2.56. The van der Waals surface area contributed by atoms with Crippen molar-refractivity contribution in [3.05, 3.63) is 46.3 Å². The summed E-state index contributed by atoms with van der Waals surface area (Å²) < 4.78 is 14.0. The van der Waals surface area contributed by atoms with Gasteiger partial charge in [0, 0.05) is 41.3 Å². The summed E-state index contributed by atoms with van der Waals surface area (Å²) in [6, 6.07) is 5.72. The van der Waals surface area contributed by atoms with Crippen LogP contribution in [0.3, 0.4) is 0 Å². The number of hydrogen-bond acceptors (Lipinski definition) is 4. The zero-order chi connectivity index (χ0) is 24.7. The highest BCUT2D eigenvalue weighted by Gasteiger charge is 2.60. The van der Waals surface area contributed by atoms with Gasteiger partial charge in [0.2, 0.25) is 8.32 Å². The molecule has 2 aromatic rings. The van der Waals surface area contributed by atoms with Crippen molar-refractivity contribution in [1.29, 1.82) is 0 Å². The van der Waals surface area contributed by atoms with Crippen LogP contribution in [0.15, 0.2) is 30.0 Å². The van der Waals surface area contributed by atoms with Gasteiger partial charge in [-0.2, -0.15) is 0 Å². The fourth-order valence-corrected chi connectivity index (χ4v) is 6.80. The molecule has 178 valence electrons. The van der Waals surface area contributed by atoms with Crippen molar-refractivity contribution in [3.63, 3.8) is 0 Å². The van der Waals surface area contributed by atoms with Crippen molar-refractivity contribution in [3.8, 4) is 0 Å². The summed E-state index contributed by atoms with van der Waals surface area (Å²) in [6.45, 7) is 15.0. The topological polar surface area (TPSA) is 57.5 Å². The minimum atomic E-state index is -2.21.